The molecule has 1 aromatic carbocycles. The molecule has 0 aromatic heterocycles. The summed E-state index contributed by atoms with van der Waals surface area (Å²) in [6, 6.07) is 7.68. The molecular weight excluding hydrogens is 276 g/mol. The van der Waals surface area contributed by atoms with E-state index in [0.717, 1.165) is 31.5 Å². The van der Waals surface area contributed by atoms with E-state index >= 15 is 0 Å². The third-order valence-corrected chi connectivity index (χ3v) is 4.45. The molecule has 1 amide bonds. The van der Waals surface area contributed by atoms with Crippen LogP contribution in [0.1, 0.15) is 18.4 Å². The topological polar surface area (TPSA) is 41.6 Å². The molecule has 1 aromatic rings. The summed E-state index contributed by atoms with van der Waals surface area (Å²) in [7, 11) is 0. The zero-order valence-corrected chi connectivity index (χ0v) is 12.2. The highest BCUT2D eigenvalue weighted by molar-refractivity contribution is 6.31. The van der Waals surface area contributed by atoms with Gasteiger partial charge in [-0.05, 0) is 31.0 Å². The normalized spacial score (nSPS) is 27.1. The van der Waals surface area contributed by atoms with E-state index in [9.17, 15) is 4.79 Å². The molecular formula is C15H19ClN2O2. The summed E-state index contributed by atoms with van der Waals surface area (Å²) in [6.45, 7) is 3.22. The van der Waals surface area contributed by atoms with Crippen molar-refractivity contribution in [2.75, 3.05) is 26.2 Å². The van der Waals surface area contributed by atoms with Gasteiger partial charge in [0.05, 0.1) is 12.1 Å². The molecule has 4 nitrogen and oxygen atoms in total. The Bertz CT molecular complexity index is 500. The largest absolute Gasteiger partial charge is 0.362 e. The van der Waals surface area contributed by atoms with E-state index < -0.39 is 0 Å². The second-order valence-corrected chi connectivity index (χ2v) is 6.00. The maximum atomic E-state index is 12.1. The highest BCUT2D eigenvalue weighted by atomic mass is 35.5. The van der Waals surface area contributed by atoms with Crippen LogP contribution in [0.4, 0.5) is 0 Å². The smallest absolute Gasteiger partial charge is 0.249 e. The van der Waals surface area contributed by atoms with Crippen LogP contribution in [0.15, 0.2) is 24.3 Å². The molecule has 5 heteroatoms. The van der Waals surface area contributed by atoms with Gasteiger partial charge in [-0.15, -0.1) is 0 Å². The van der Waals surface area contributed by atoms with Crippen molar-refractivity contribution in [1.82, 2.24) is 10.2 Å². The van der Waals surface area contributed by atoms with Crippen molar-refractivity contribution in [2.45, 2.75) is 25.0 Å². The van der Waals surface area contributed by atoms with Gasteiger partial charge in [-0.2, -0.15) is 0 Å². The number of halogens is 1. The predicted molar refractivity (Wildman–Crippen MR) is 77.7 cm³/mol. The Kier molecular flexibility index (Phi) is 3.96. The van der Waals surface area contributed by atoms with Crippen molar-refractivity contribution < 1.29 is 9.53 Å². The number of hydrogen-bond acceptors (Lipinski definition) is 3. The lowest BCUT2D eigenvalue weighted by Crippen LogP contribution is -2.60. The molecule has 0 bridgehead atoms. The second kappa shape index (κ2) is 5.72. The Morgan fingerprint density at radius 1 is 1.40 bits per heavy atom. The Morgan fingerprint density at radius 3 is 3.00 bits per heavy atom. The first-order chi connectivity index (χ1) is 9.69. The summed E-state index contributed by atoms with van der Waals surface area (Å²) in [4.78, 5) is 13.9. The maximum absolute atomic E-state index is 12.1. The van der Waals surface area contributed by atoms with Crippen LogP contribution in [0.3, 0.4) is 0 Å². The van der Waals surface area contributed by atoms with Crippen LogP contribution >= 0.6 is 11.6 Å². The summed E-state index contributed by atoms with van der Waals surface area (Å²) in [5, 5.41) is 4.08. The minimum Gasteiger partial charge on any atom is -0.362 e. The number of rotatable bonds is 2. The molecule has 0 radical (unpaired) electrons. The monoisotopic (exact) mass is 294 g/mol. The van der Waals surface area contributed by atoms with Gasteiger partial charge in [0.2, 0.25) is 5.91 Å². The zero-order valence-electron chi connectivity index (χ0n) is 11.4. The molecule has 0 saturated carbocycles. The molecule has 20 heavy (non-hydrogen) atoms. The molecule has 0 aliphatic carbocycles. The summed E-state index contributed by atoms with van der Waals surface area (Å²) < 4.78 is 5.83. The maximum Gasteiger partial charge on any atom is 0.249 e. The van der Waals surface area contributed by atoms with Crippen molar-refractivity contribution in [3.8, 4) is 0 Å². The van der Waals surface area contributed by atoms with E-state index in [-0.39, 0.29) is 18.1 Å². The first-order valence-corrected chi connectivity index (χ1v) is 7.42. The fraction of sp³-hybridized carbons (Fsp3) is 0.533. The average Bonchev–Trinajstić information content (AvgIpc) is 2.47. The summed E-state index contributed by atoms with van der Waals surface area (Å²) in [5.74, 6) is 0.0427. The number of nitrogens with one attached hydrogen (secondary N) is 1. The SMILES string of the molecule is O=C1COC2(CCCNC2)CN1Cc1ccccc1Cl. The van der Waals surface area contributed by atoms with Gasteiger partial charge in [-0.1, -0.05) is 29.8 Å². The van der Waals surface area contributed by atoms with Crippen molar-refractivity contribution in [3.05, 3.63) is 34.9 Å². The van der Waals surface area contributed by atoms with Gasteiger partial charge in [0.25, 0.3) is 0 Å². The number of carbonyl (C=O) groups is 1. The molecule has 1 spiro atoms. The molecule has 1 N–H and O–H groups in total. The Balaban J connectivity index is 1.74. The number of ether oxygens (including phenoxy) is 1. The highest BCUT2D eigenvalue weighted by Crippen LogP contribution is 2.27. The van der Waals surface area contributed by atoms with Crippen LogP contribution in [-0.2, 0) is 16.1 Å². The molecule has 108 valence electrons. The summed E-state index contributed by atoms with van der Waals surface area (Å²) >= 11 is 6.19. The molecule has 2 heterocycles. The third kappa shape index (κ3) is 2.82. The van der Waals surface area contributed by atoms with E-state index in [0.29, 0.717) is 18.1 Å². The van der Waals surface area contributed by atoms with Crippen LogP contribution in [0.5, 0.6) is 0 Å². The third-order valence-electron chi connectivity index (χ3n) is 4.09. The first-order valence-electron chi connectivity index (χ1n) is 7.04. The zero-order chi connectivity index (χ0) is 14.0. The number of nitrogens with zero attached hydrogens (tertiary/aromatic N) is 1. The van der Waals surface area contributed by atoms with E-state index in [1.165, 1.54) is 0 Å². The van der Waals surface area contributed by atoms with Crippen LogP contribution in [-0.4, -0.2) is 42.6 Å². The Hall–Kier alpha value is -1.10. The highest BCUT2D eigenvalue weighted by Gasteiger charge is 2.40. The number of benzene rings is 1. The number of piperidine rings is 1. The molecule has 2 aliphatic rings. The van der Waals surface area contributed by atoms with Gasteiger partial charge >= 0.3 is 0 Å². The van der Waals surface area contributed by atoms with E-state index in [4.69, 9.17) is 16.3 Å². The fourth-order valence-electron chi connectivity index (χ4n) is 2.96. The van der Waals surface area contributed by atoms with E-state index in [1.54, 1.807) is 0 Å². The molecule has 2 aliphatic heterocycles. The van der Waals surface area contributed by atoms with Gasteiger partial charge in [-0.25, -0.2) is 0 Å². The van der Waals surface area contributed by atoms with Crippen molar-refractivity contribution in [2.24, 2.45) is 0 Å². The van der Waals surface area contributed by atoms with Crippen LogP contribution in [0.2, 0.25) is 5.02 Å². The van der Waals surface area contributed by atoms with E-state index in [1.807, 2.05) is 29.2 Å². The quantitative estimate of drug-likeness (QED) is 0.905. The molecule has 1 atom stereocenters. The van der Waals surface area contributed by atoms with Gasteiger partial charge in [-0.3, -0.25) is 4.79 Å². The van der Waals surface area contributed by atoms with Gasteiger partial charge in [0.1, 0.15) is 6.61 Å². The van der Waals surface area contributed by atoms with Gasteiger partial charge in [0, 0.05) is 18.1 Å². The lowest BCUT2D eigenvalue weighted by molar-refractivity contribution is -0.167. The number of hydrogen-bond donors (Lipinski definition) is 1. The number of morpholine rings is 1. The van der Waals surface area contributed by atoms with Gasteiger partial charge in [0.15, 0.2) is 0 Å². The standard InChI is InChI=1S/C15H19ClN2O2/c16-13-5-2-1-4-12(13)8-18-11-15(20-9-14(18)19)6-3-7-17-10-15/h1-2,4-5,17H,3,6-11H2. The number of amides is 1. The lowest BCUT2D eigenvalue weighted by Gasteiger charge is -2.44. The lowest BCUT2D eigenvalue weighted by atomic mass is 9.91. The molecule has 1 unspecified atom stereocenters. The second-order valence-electron chi connectivity index (χ2n) is 5.59. The fourth-order valence-corrected chi connectivity index (χ4v) is 3.16. The van der Waals surface area contributed by atoms with Crippen LogP contribution in [0.25, 0.3) is 0 Å². The van der Waals surface area contributed by atoms with Crippen molar-refractivity contribution >= 4 is 17.5 Å². The van der Waals surface area contributed by atoms with Crippen LogP contribution < -0.4 is 5.32 Å². The van der Waals surface area contributed by atoms with Crippen molar-refractivity contribution in [3.63, 3.8) is 0 Å². The average molecular weight is 295 g/mol. The molecule has 3 rings (SSSR count). The minimum absolute atomic E-state index is 0.0427. The Labute approximate surface area is 124 Å². The van der Waals surface area contributed by atoms with Crippen molar-refractivity contribution in [1.29, 1.82) is 0 Å². The number of carbonyl (C=O) groups excluding carboxylic acids is 1. The van der Waals surface area contributed by atoms with Crippen LogP contribution in [0, 0.1) is 0 Å². The Morgan fingerprint density at radius 2 is 2.25 bits per heavy atom. The molecule has 2 fully saturated rings. The molecule has 2 saturated heterocycles. The van der Waals surface area contributed by atoms with E-state index in [2.05, 4.69) is 5.32 Å². The minimum atomic E-state index is -0.215. The van der Waals surface area contributed by atoms with Gasteiger partial charge < -0.3 is 15.0 Å². The summed E-state index contributed by atoms with van der Waals surface area (Å²) in [5.41, 5.74) is 0.774. The first kappa shape index (κ1) is 13.9. The predicted octanol–water partition coefficient (Wildman–Crippen LogP) is 1.82. The summed E-state index contributed by atoms with van der Waals surface area (Å²) in [6.07, 6.45) is 2.10.